The summed E-state index contributed by atoms with van der Waals surface area (Å²) in [6.07, 6.45) is 4.51. The van der Waals surface area contributed by atoms with Gasteiger partial charge >= 0.3 is 5.97 Å². The molecule has 2 aromatic rings. The van der Waals surface area contributed by atoms with Crippen molar-refractivity contribution >= 4 is 17.6 Å². The van der Waals surface area contributed by atoms with Gasteiger partial charge in [-0.05, 0) is 55.7 Å². The summed E-state index contributed by atoms with van der Waals surface area (Å²) >= 11 is 0. The number of ether oxygens (including phenoxy) is 1. The summed E-state index contributed by atoms with van der Waals surface area (Å²) in [5.74, 6) is -0.987. The molecule has 2 aromatic carbocycles. The number of allylic oxidation sites excluding steroid dienone is 2. The lowest BCUT2D eigenvalue weighted by molar-refractivity contribution is -0.146. The summed E-state index contributed by atoms with van der Waals surface area (Å²) in [6, 6.07) is 14.8. The van der Waals surface area contributed by atoms with Crippen molar-refractivity contribution in [3.05, 3.63) is 66.2 Å². The summed E-state index contributed by atoms with van der Waals surface area (Å²) in [5, 5.41) is 12.1. The fourth-order valence-corrected chi connectivity index (χ4v) is 3.02. The molecule has 0 unspecified atom stereocenters. The number of aryl methyl sites for hydroxylation is 1. The van der Waals surface area contributed by atoms with E-state index in [-0.39, 0.29) is 5.91 Å². The molecule has 0 heterocycles. The molecule has 26 heavy (non-hydrogen) atoms. The van der Waals surface area contributed by atoms with Crippen LogP contribution in [0.4, 0.5) is 5.69 Å². The van der Waals surface area contributed by atoms with Crippen molar-refractivity contribution in [2.75, 3.05) is 5.32 Å². The fourth-order valence-electron chi connectivity index (χ4n) is 3.02. The normalized spacial score (nSPS) is 19.0. The zero-order valence-electron chi connectivity index (χ0n) is 14.5. The van der Waals surface area contributed by atoms with Crippen molar-refractivity contribution in [2.24, 2.45) is 11.8 Å². The minimum atomic E-state index is -0.934. The Hall–Kier alpha value is -3.08. The summed E-state index contributed by atoms with van der Waals surface area (Å²) < 4.78 is 5.83. The number of amides is 1. The van der Waals surface area contributed by atoms with Crippen molar-refractivity contribution in [3.8, 4) is 11.5 Å². The van der Waals surface area contributed by atoms with Gasteiger partial charge in [-0.3, -0.25) is 9.59 Å². The molecule has 0 bridgehead atoms. The van der Waals surface area contributed by atoms with Crippen LogP contribution in [0.5, 0.6) is 11.5 Å². The molecule has 0 radical (unpaired) electrons. The highest BCUT2D eigenvalue weighted by Crippen LogP contribution is 2.29. The van der Waals surface area contributed by atoms with E-state index < -0.39 is 17.8 Å². The Labute approximate surface area is 152 Å². The van der Waals surface area contributed by atoms with Crippen LogP contribution >= 0.6 is 0 Å². The van der Waals surface area contributed by atoms with E-state index in [0.717, 1.165) is 11.3 Å². The van der Waals surface area contributed by atoms with Gasteiger partial charge in [0, 0.05) is 5.69 Å². The Bertz CT molecular complexity index is 826. The number of rotatable bonds is 5. The molecule has 5 nitrogen and oxygen atoms in total. The zero-order valence-corrected chi connectivity index (χ0v) is 14.5. The van der Waals surface area contributed by atoms with Crippen LogP contribution in [0.3, 0.4) is 0 Å². The Balaban J connectivity index is 1.65. The lowest BCUT2D eigenvalue weighted by atomic mass is 9.82. The molecule has 1 aliphatic carbocycles. The second-order valence-electron chi connectivity index (χ2n) is 6.38. The van der Waals surface area contributed by atoms with Crippen molar-refractivity contribution in [3.63, 3.8) is 0 Å². The number of nitrogens with one attached hydrogen (secondary N) is 1. The number of hydrogen-bond donors (Lipinski definition) is 2. The van der Waals surface area contributed by atoms with Crippen LogP contribution in [0.25, 0.3) is 0 Å². The first-order chi connectivity index (χ1) is 12.5. The quantitative estimate of drug-likeness (QED) is 0.783. The maximum atomic E-state index is 12.5. The predicted octanol–water partition coefficient (Wildman–Crippen LogP) is 4.39. The van der Waals surface area contributed by atoms with E-state index >= 15 is 0 Å². The molecular weight excluding hydrogens is 330 g/mol. The summed E-state index contributed by atoms with van der Waals surface area (Å²) in [7, 11) is 0. The first kappa shape index (κ1) is 17.7. The van der Waals surface area contributed by atoms with Gasteiger partial charge < -0.3 is 15.2 Å². The largest absolute Gasteiger partial charge is 0.481 e. The third-order valence-electron chi connectivity index (χ3n) is 4.53. The summed E-state index contributed by atoms with van der Waals surface area (Å²) in [4.78, 5) is 23.8. The summed E-state index contributed by atoms with van der Waals surface area (Å²) in [6.45, 7) is 1.97. The van der Waals surface area contributed by atoms with E-state index in [1.54, 1.807) is 24.3 Å². The van der Waals surface area contributed by atoms with Gasteiger partial charge in [0.05, 0.1) is 11.8 Å². The fraction of sp³-hybridized carbons (Fsp3) is 0.238. The van der Waals surface area contributed by atoms with Gasteiger partial charge in [-0.1, -0.05) is 30.4 Å². The van der Waals surface area contributed by atoms with Gasteiger partial charge in [-0.25, -0.2) is 0 Å². The minimum Gasteiger partial charge on any atom is -0.481 e. The third-order valence-corrected chi connectivity index (χ3v) is 4.53. The molecule has 0 aliphatic heterocycles. The van der Waals surface area contributed by atoms with Crippen molar-refractivity contribution < 1.29 is 19.4 Å². The smallest absolute Gasteiger partial charge is 0.307 e. The standard InChI is InChI=1S/C21H21NO4/c1-14-6-2-5-9-19(14)26-16-12-10-15(11-13-16)22-20(23)17-7-3-4-8-18(17)21(24)25/h2-6,9-13,17-18H,7-8H2,1H3,(H,22,23)(H,24,25)/t17-,18+/m0/s1. The molecule has 2 N–H and O–H groups in total. The molecule has 0 aromatic heterocycles. The molecule has 0 spiro atoms. The van der Waals surface area contributed by atoms with Crippen molar-refractivity contribution in [2.45, 2.75) is 19.8 Å². The molecule has 0 saturated carbocycles. The van der Waals surface area contributed by atoms with Gasteiger partial charge in [0.1, 0.15) is 11.5 Å². The Morgan fingerprint density at radius 3 is 2.31 bits per heavy atom. The van der Waals surface area contributed by atoms with Crippen molar-refractivity contribution in [1.82, 2.24) is 0 Å². The molecule has 3 rings (SSSR count). The van der Waals surface area contributed by atoms with Crippen LogP contribution in [-0.4, -0.2) is 17.0 Å². The third kappa shape index (κ3) is 4.11. The molecule has 134 valence electrons. The highest BCUT2D eigenvalue weighted by atomic mass is 16.5. The van der Waals surface area contributed by atoms with Crippen LogP contribution in [0, 0.1) is 18.8 Å². The molecule has 1 amide bonds. The number of aliphatic carboxylic acids is 1. The van der Waals surface area contributed by atoms with Gasteiger partial charge in [-0.15, -0.1) is 0 Å². The topological polar surface area (TPSA) is 75.6 Å². The average molecular weight is 351 g/mol. The van der Waals surface area contributed by atoms with E-state index in [1.165, 1.54) is 0 Å². The number of hydrogen-bond acceptors (Lipinski definition) is 3. The van der Waals surface area contributed by atoms with E-state index in [2.05, 4.69) is 5.32 Å². The lowest BCUT2D eigenvalue weighted by Crippen LogP contribution is -2.34. The van der Waals surface area contributed by atoms with E-state index in [1.807, 2.05) is 43.3 Å². The number of para-hydroxylation sites is 1. The Morgan fingerprint density at radius 1 is 1.00 bits per heavy atom. The number of carbonyl (C=O) groups excluding carboxylic acids is 1. The van der Waals surface area contributed by atoms with E-state index in [9.17, 15) is 14.7 Å². The zero-order chi connectivity index (χ0) is 18.5. The Morgan fingerprint density at radius 2 is 1.65 bits per heavy atom. The van der Waals surface area contributed by atoms with E-state index in [0.29, 0.717) is 24.3 Å². The van der Waals surface area contributed by atoms with Gasteiger partial charge in [0.25, 0.3) is 0 Å². The molecule has 1 aliphatic rings. The van der Waals surface area contributed by atoms with Crippen LogP contribution in [-0.2, 0) is 9.59 Å². The highest BCUT2D eigenvalue weighted by Gasteiger charge is 2.33. The molecule has 5 heteroatoms. The molecular formula is C21H21NO4. The summed E-state index contributed by atoms with van der Waals surface area (Å²) in [5.41, 5.74) is 1.65. The lowest BCUT2D eigenvalue weighted by Gasteiger charge is -2.24. The van der Waals surface area contributed by atoms with Crippen LogP contribution in [0.2, 0.25) is 0 Å². The molecule has 2 atom stereocenters. The minimum absolute atomic E-state index is 0.269. The first-order valence-electron chi connectivity index (χ1n) is 8.57. The number of carboxylic acid groups (broad SMARTS) is 1. The first-order valence-corrected chi connectivity index (χ1v) is 8.57. The molecule has 0 saturated heterocycles. The van der Waals surface area contributed by atoms with E-state index in [4.69, 9.17) is 4.74 Å². The maximum absolute atomic E-state index is 12.5. The maximum Gasteiger partial charge on any atom is 0.307 e. The molecule has 0 fully saturated rings. The Kier molecular flexibility index (Phi) is 5.37. The van der Waals surface area contributed by atoms with Crippen LogP contribution < -0.4 is 10.1 Å². The number of carboxylic acids is 1. The predicted molar refractivity (Wildman–Crippen MR) is 99.3 cm³/mol. The monoisotopic (exact) mass is 351 g/mol. The number of anilines is 1. The van der Waals surface area contributed by atoms with Gasteiger partial charge in [0.2, 0.25) is 5.91 Å². The van der Waals surface area contributed by atoms with Crippen LogP contribution in [0.15, 0.2) is 60.7 Å². The van der Waals surface area contributed by atoms with Crippen molar-refractivity contribution in [1.29, 1.82) is 0 Å². The van der Waals surface area contributed by atoms with Crippen LogP contribution in [0.1, 0.15) is 18.4 Å². The number of benzene rings is 2. The number of carbonyl (C=O) groups is 2. The highest BCUT2D eigenvalue weighted by molar-refractivity contribution is 5.95. The van der Waals surface area contributed by atoms with Gasteiger partial charge in [-0.2, -0.15) is 0 Å². The average Bonchev–Trinajstić information content (AvgIpc) is 2.65. The second-order valence-corrected chi connectivity index (χ2v) is 6.38. The SMILES string of the molecule is Cc1ccccc1Oc1ccc(NC(=O)[C@H]2CC=CC[C@H]2C(=O)O)cc1. The van der Waals surface area contributed by atoms with Gasteiger partial charge in [0.15, 0.2) is 0 Å². The second kappa shape index (κ2) is 7.87.